The molecule has 0 bridgehead atoms. The number of ether oxygens (including phenoxy) is 1. The highest BCUT2D eigenvalue weighted by molar-refractivity contribution is 9.10. The van der Waals surface area contributed by atoms with E-state index in [4.69, 9.17) is 4.74 Å². The second kappa shape index (κ2) is 4.82. The molecule has 1 aromatic carbocycles. The molecule has 0 amide bonds. The number of alkyl halides is 1. The Kier molecular flexibility index (Phi) is 3.48. The molecule has 0 radical (unpaired) electrons. The van der Waals surface area contributed by atoms with Gasteiger partial charge in [0.05, 0.1) is 4.47 Å². The molecule has 0 aliphatic heterocycles. The van der Waals surface area contributed by atoms with Crippen LogP contribution in [0.15, 0.2) is 22.7 Å². The maximum absolute atomic E-state index is 6.27. The maximum atomic E-state index is 6.27. The lowest BCUT2D eigenvalue weighted by atomic mass is 9.64. The lowest BCUT2D eigenvalue weighted by Gasteiger charge is -2.51. The van der Waals surface area contributed by atoms with Gasteiger partial charge in [-0.25, -0.2) is 0 Å². The van der Waals surface area contributed by atoms with Crippen molar-refractivity contribution in [2.75, 3.05) is 0 Å². The molecule has 98 valence electrons. The SMILES string of the molecule is Cc1ccc(OC2CC(Br)C23CCCC3)c(Br)c1. The molecule has 0 heterocycles. The maximum Gasteiger partial charge on any atom is 0.133 e. The third-order valence-corrected chi connectivity index (χ3v) is 6.48. The Bertz CT molecular complexity index is 452. The number of hydrogen-bond donors (Lipinski definition) is 0. The van der Waals surface area contributed by atoms with Crippen LogP contribution in [0.5, 0.6) is 5.75 Å². The van der Waals surface area contributed by atoms with Gasteiger partial charge in [0.2, 0.25) is 0 Å². The molecule has 2 atom stereocenters. The molecule has 0 saturated heterocycles. The van der Waals surface area contributed by atoms with E-state index in [2.05, 4.69) is 57.0 Å². The van der Waals surface area contributed by atoms with Gasteiger partial charge in [-0.1, -0.05) is 34.8 Å². The first-order chi connectivity index (χ1) is 8.62. The van der Waals surface area contributed by atoms with E-state index < -0.39 is 0 Å². The quantitative estimate of drug-likeness (QED) is 0.644. The van der Waals surface area contributed by atoms with E-state index in [0.29, 0.717) is 16.3 Å². The molecule has 1 aromatic rings. The molecule has 3 rings (SSSR count). The standard InChI is InChI=1S/C15H18Br2O/c1-10-4-5-12(11(16)8-10)18-14-9-13(17)15(14)6-2-3-7-15/h4-5,8,13-14H,2-3,6-7,9H2,1H3. The van der Waals surface area contributed by atoms with Crippen LogP contribution in [-0.2, 0) is 0 Å². The van der Waals surface area contributed by atoms with Crippen LogP contribution in [0.25, 0.3) is 0 Å². The van der Waals surface area contributed by atoms with Crippen LogP contribution in [0.2, 0.25) is 0 Å². The Labute approximate surface area is 126 Å². The summed E-state index contributed by atoms with van der Waals surface area (Å²) >= 11 is 7.44. The summed E-state index contributed by atoms with van der Waals surface area (Å²) in [5.41, 5.74) is 1.67. The summed E-state index contributed by atoms with van der Waals surface area (Å²) in [6.45, 7) is 2.10. The second-order valence-electron chi connectivity index (χ2n) is 5.68. The van der Waals surface area contributed by atoms with Crippen molar-refractivity contribution in [1.29, 1.82) is 0 Å². The Hall–Kier alpha value is -0.0200. The van der Waals surface area contributed by atoms with Gasteiger partial charge in [-0.15, -0.1) is 0 Å². The second-order valence-corrected chi connectivity index (χ2v) is 7.64. The summed E-state index contributed by atoms with van der Waals surface area (Å²) in [7, 11) is 0. The molecular weight excluding hydrogens is 356 g/mol. The summed E-state index contributed by atoms with van der Waals surface area (Å²) in [5, 5.41) is 0. The topological polar surface area (TPSA) is 9.23 Å². The highest BCUT2D eigenvalue weighted by atomic mass is 79.9. The van der Waals surface area contributed by atoms with Crippen LogP contribution in [0.3, 0.4) is 0 Å². The zero-order valence-corrected chi connectivity index (χ0v) is 13.8. The van der Waals surface area contributed by atoms with E-state index in [-0.39, 0.29) is 0 Å². The van der Waals surface area contributed by atoms with Crippen molar-refractivity contribution >= 4 is 31.9 Å². The van der Waals surface area contributed by atoms with E-state index in [1.165, 1.54) is 31.2 Å². The van der Waals surface area contributed by atoms with Gasteiger partial charge in [-0.3, -0.25) is 0 Å². The Morgan fingerprint density at radius 2 is 2.00 bits per heavy atom. The van der Waals surface area contributed by atoms with Gasteiger partial charge >= 0.3 is 0 Å². The van der Waals surface area contributed by atoms with Gasteiger partial charge in [-0.2, -0.15) is 0 Å². The number of rotatable bonds is 2. The number of benzene rings is 1. The first-order valence-corrected chi connectivity index (χ1v) is 8.39. The van der Waals surface area contributed by atoms with Crippen LogP contribution in [0.1, 0.15) is 37.7 Å². The fraction of sp³-hybridized carbons (Fsp3) is 0.600. The molecule has 2 fully saturated rings. The lowest BCUT2D eigenvalue weighted by Crippen LogP contribution is -2.55. The van der Waals surface area contributed by atoms with Crippen molar-refractivity contribution in [3.63, 3.8) is 0 Å². The van der Waals surface area contributed by atoms with E-state index in [1.807, 2.05) is 0 Å². The van der Waals surface area contributed by atoms with Crippen molar-refractivity contribution < 1.29 is 4.74 Å². The number of halogens is 2. The summed E-state index contributed by atoms with van der Waals surface area (Å²) in [5.74, 6) is 0.997. The molecule has 3 heteroatoms. The van der Waals surface area contributed by atoms with Gasteiger partial charge in [0.25, 0.3) is 0 Å². The van der Waals surface area contributed by atoms with Crippen LogP contribution < -0.4 is 4.74 Å². The van der Waals surface area contributed by atoms with E-state index in [1.54, 1.807) is 0 Å². The van der Waals surface area contributed by atoms with Crippen molar-refractivity contribution in [1.82, 2.24) is 0 Å². The predicted molar refractivity (Wildman–Crippen MR) is 81.5 cm³/mol. The minimum atomic E-state index is 0.392. The monoisotopic (exact) mass is 372 g/mol. The molecular formula is C15H18Br2O. The smallest absolute Gasteiger partial charge is 0.133 e. The highest BCUT2D eigenvalue weighted by Gasteiger charge is 2.56. The molecule has 2 saturated carbocycles. The predicted octanol–water partition coefficient (Wildman–Crippen LogP) is 5.23. The minimum Gasteiger partial charge on any atom is -0.489 e. The zero-order chi connectivity index (χ0) is 12.8. The minimum absolute atomic E-state index is 0.392. The first-order valence-electron chi connectivity index (χ1n) is 6.69. The lowest BCUT2D eigenvalue weighted by molar-refractivity contribution is -0.0308. The fourth-order valence-corrected chi connectivity index (χ4v) is 5.07. The summed E-state index contributed by atoms with van der Waals surface area (Å²) in [4.78, 5) is 0.654. The Balaban J connectivity index is 1.77. The Morgan fingerprint density at radius 3 is 2.61 bits per heavy atom. The number of hydrogen-bond acceptors (Lipinski definition) is 1. The summed E-state index contributed by atoms with van der Waals surface area (Å²) in [6.07, 6.45) is 6.88. The molecule has 0 aromatic heterocycles. The third kappa shape index (κ3) is 2.03. The molecule has 2 unspecified atom stereocenters. The highest BCUT2D eigenvalue weighted by Crippen LogP contribution is 2.57. The van der Waals surface area contributed by atoms with Crippen molar-refractivity contribution in [3.05, 3.63) is 28.2 Å². The third-order valence-electron chi connectivity index (χ3n) is 4.58. The first kappa shape index (κ1) is 13.0. The summed E-state index contributed by atoms with van der Waals surface area (Å²) < 4.78 is 7.34. The van der Waals surface area contributed by atoms with E-state index in [0.717, 1.165) is 16.6 Å². The largest absolute Gasteiger partial charge is 0.489 e. The molecule has 2 aliphatic rings. The molecule has 0 N–H and O–H groups in total. The van der Waals surface area contributed by atoms with Gasteiger partial charge < -0.3 is 4.74 Å². The Morgan fingerprint density at radius 1 is 1.28 bits per heavy atom. The number of aryl methyl sites for hydroxylation is 1. The van der Waals surface area contributed by atoms with Crippen LogP contribution in [0.4, 0.5) is 0 Å². The van der Waals surface area contributed by atoms with Crippen molar-refractivity contribution in [2.24, 2.45) is 5.41 Å². The normalized spacial score (nSPS) is 29.3. The van der Waals surface area contributed by atoms with Crippen molar-refractivity contribution in [2.45, 2.75) is 50.0 Å². The summed E-state index contributed by atoms with van der Waals surface area (Å²) in [6, 6.07) is 6.33. The zero-order valence-electron chi connectivity index (χ0n) is 10.6. The molecule has 1 spiro atoms. The van der Waals surface area contributed by atoms with E-state index >= 15 is 0 Å². The van der Waals surface area contributed by atoms with Gasteiger partial charge in [-0.05, 0) is 59.8 Å². The van der Waals surface area contributed by atoms with E-state index in [9.17, 15) is 0 Å². The average Bonchev–Trinajstić information content (AvgIpc) is 2.83. The molecule has 18 heavy (non-hydrogen) atoms. The molecule has 1 nitrogen and oxygen atoms in total. The van der Waals surface area contributed by atoms with Gasteiger partial charge in [0, 0.05) is 10.2 Å². The van der Waals surface area contributed by atoms with Gasteiger partial charge in [0.15, 0.2) is 0 Å². The molecule has 2 aliphatic carbocycles. The van der Waals surface area contributed by atoms with Crippen LogP contribution in [0, 0.1) is 12.3 Å². The van der Waals surface area contributed by atoms with Crippen molar-refractivity contribution in [3.8, 4) is 5.75 Å². The fourth-order valence-electron chi connectivity index (χ4n) is 3.39. The van der Waals surface area contributed by atoms with Gasteiger partial charge in [0.1, 0.15) is 11.9 Å². The van der Waals surface area contributed by atoms with Crippen LogP contribution >= 0.6 is 31.9 Å². The van der Waals surface area contributed by atoms with Crippen LogP contribution in [-0.4, -0.2) is 10.9 Å². The average molecular weight is 374 g/mol.